The third kappa shape index (κ3) is 3.15. The second kappa shape index (κ2) is 7.10. The van der Waals surface area contributed by atoms with Crippen LogP contribution < -0.4 is 11.0 Å². The number of carbonyl (C=O) groups excluding carboxylic acids is 1. The summed E-state index contributed by atoms with van der Waals surface area (Å²) in [6, 6.07) is 5.60. The number of aromatic nitrogens is 4. The van der Waals surface area contributed by atoms with E-state index in [1.165, 1.54) is 0 Å². The molecule has 1 atom stereocenters. The van der Waals surface area contributed by atoms with E-state index >= 15 is 0 Å². The molecule has 0 spiro atoms. The highest BCUT2D eigenvalue weighted by atomic mass is 16.2. The van der Waals surface area contributed by atoms with Crippen LogP contribution in [0, 0.1) is 6.92 Å². The zero-order chi connectivity index (χ0) is 19.8. The van der Waals surface area contributed by atoms with Crippen molar-refractivity contribution in [3.63, 3.8) is 0 Å². The maximum atomic E-state index is 12.9. The Labute approximate surface area is 162 Å². The first kappa shape index (κ1) is 18.2. The largest absolute Gasteiger partial charge is 0.328 e. The van der Waals surface area contributed by atoms with Gasteiger partial charge in [0.05, 0.1) is 11.0 Å². The minimum Gasteiger partial charge on any atom is -0.324 e. The molecule has 2 aromatic heterocycles. The first-order valence-electron chi connectivity index (χ1n) is 9.43. The lowest BCUT2D eigenvalue weighted by Crippen LogP contribution is -2.41. The summed E-state index contributed by atoms with van der Waals surface area (Å²) in [7, 11) is 3.49. The van der Waals surface area contributed by atoms with E-state index in [0.717, 1.165) is 47.4 Å². The molecule has 2 amide bonds. The van der Waals surface area contributed by atoms with Gasteiger partial charge >= 0.3 is 11.7 Å². The number of urea groups is 1. The van der Waals surface area contributed by atoms with Crippen LogP contribution in [0.4, 0.5) is 10.5 Å². The highest BCUT2D eigenvalue weighted by Gasteiger charge is 2.26. The second-order valence-corrected chi connectivity index (χ2v) is 7.41. The molecule has 3 aromatic rings. The lowest BCUT2D eigenvalue weighted by atomic mass is 9.95. The van der Waals surface area contributed by atoms with Crippen molar-refractivity contribution in [1.29, 1.82) is 0 Å². The van der Waals surface area contributed by atoms with Gasteiger partial charge in [0.25, 0.3) is 0 Å². The van der Waals surface area contributed by atoms with Gasteiger partial charge in [0, 0.05) is 50.7 Å². The molecule has 0 radical (unpaired) electrons. The summed E-state index contributed by atoms with van der Waals surface area (Å²) in [5, 5.41) is 3.03. The molecule has 0 saturated carbocycles. The number of nitrogens with zero attached hydrogens (tertiary/aromatic N) is 5. The molecule has 8 heteroatoms. The summed E-state index contributed by atoms with van der Waals surface area (Å²) in [4.78, 5) is 35.2. The molecule has 28 heavy (non-hydrogen) atoms. The van der Waals surface area contributed by atoms with Crippen LogP contribution in [-0.4, -0.2) is 43.1 Å². The SMILES string of the molecule is Cc1cc2c(cc1NC(=O)N1CCC[C@@H](c3ccncn3)C1)n(C)c(=O)n2C. The number of fused-ring (bicyclic) bond motifs is 1. The molecule has 1 saturated heterocycles. The molecule has 146 valence electrons. The van der Waals surface area contributed by atoms with Crippen LogP contribution in [0.3, 0.4) is 0 Å². The Balaban J connectivity index is 1.55. The van der Waals surface area contributed by atoms with Crippen LogP contribution in [0.15, 0.2) is 35.5 Å². The molecular weight excluding hydrogens is 356 g/mol. The Hall–Kier alpha value is -3.16. The summed E-state index contributed by atoms with van der Waals surface area (Å²) < 4.78 is 3.21. The van der Waals surface area contributed by atoms with Crippen molar-refractivity contribution in [2.75, 3.05) is 18.4 Å². The summed E-state index contributed by atoms with van der Waals surface area (Å²) in [6.07, 6.45) is 5.24. The van der Waals surface area contributed by atoms with Crippen LogP contribution in [-0.2, 0) is 14.1 Å². The van der Waals surface area contributed by atoms with Gasteiger partial charge in [0.2, 0.25) is 0 Å². The first-order valence-corrected chi connectivity index (χ1v) is 9.43. The number of benzene rings is 1. The average molecular weight is 380 g/mol. The fourth-order valence-corrected chi connectivity index (χ4v) is 3.92. The maximum Gasteiger partial charge on any atom is 0.328 e. The van der Waals surface area contributed by atoms with Crippen molar-refractivity contribution >= 4 is 22.8 Å². The predicted molar refractivity (Wildman–Crippen MR) is 107 cm³/mol. The highest BCUT2D eigenvalue weighted by Crippen LogP contribution is 2.27. The molecule has 1 fully saturated rings. The fraction of sp³-hybridized carbons (Fsp3) is 0.400. The molecule has 0 bridgehead atoms. The van der Waals surface area contributed by atoms with E-state index in [0.29, 0.717) is 6.54 Å². The zero-order valence-corrected chi connectivity index (χ0v) is 16.3. The number of aryl methyl sites for hydroxylation is 3. The summed E-state index contributed by atoms with van der Waals surface area (Å²) >= 11 is 0. The van der Waals surface area contributed by atoms with Crippen LogP contribution in [0.5, 0.6) is 0 Å². The number of rotatable bonds is 2. The number of hydrogen-bond donors (Lipinski definition) is 1. The Morgan fingerprint density at radius 1 is 1.21 bits per heavy atom. The maximum absolute atomic E-state index is 12.9. The smallest absolute Gasteiger partial charge is 0.324 e. The minimum absolute atomic E-state index is 0.0819. The van der Waals surface area contributed by atoms with Gasteiger partial charge in [-0.1, -0.05) is 0 Å². The number of piperidine rings is 1. The molecule has 1 aromatic carbocycles. The quantitative estimate of drug-likeness (QED) is 0.740. The molecule has 1 N–H and O–H groups in total. The van der Waals surface area contributed by atoms with Crippen molar-refractivity contribution in [2.24, 2.45) is 14.1 Å². The summed E-state index contributed by atoms with van der Waals surface area (Å²) in [5.41, 5.74) is 4.19. The lowest BCUT2D eigenvalue weighted by molar-refractivity contribution is 0.192. The van der Waals surface area contributed by atoms with Crippen molar-refractivity contribution in [3.05, 3.63) is 52.5 Å². The number of hydrogen-bond acceptors (Lipinski definition) is 4. The second-order valence-electron chi connectivity index (χ2n) is 7.41. The normalized spacial score (nSPS) is 17.1. The highest BCUT2D eigenvalue weighted by molar-refractivity contribution is 5.93. The molecular formula is C20H24N6O2. The van der Waals surface area contributed by atoms with Gasteiger partial charge < -0.3 is 10.2 Å². The fourth-order valence-electron chi connectivity index (χ4n) is 3.92. The third-order valence-corrected chi connectivity index (χ3v) is 5.59. The van der Waals surface area contributed by atoms with Gasteiger partial charge in [0.1, 0.15) is 6.33 Å². The Bertz CT molecular complexity index is 1090. The van der Waals surface area contributed by atoms with E-state index in [1.54, 1.807) is 35.8 Å². The van der Waals surface area contributed by atoms with E-state index < -0.39 is 0 Å². The zero-order valence-electron chi connectivity index (χ0n) is 16.3. The lowest BCUT2D eigenvalue weighted by Gasteiger charge is -2.32. The third-order valence-electron chi connectivity index (χ3n) is 5.59. The van der Waals surface area contributed by atoms with E-state index in [4.69, 9.17) is 0 Å². The molecule has 8 nitrogen and oxygen atoms in total. The van der Waals surface area contributed by atoms with Gasteiger partial charge in [-0.2, -0.15) is 0 Å². The molecule has 1 aliphatic rings. The molecule has 1 aliphatic heterocycles. The number of carbonyl (C=O) groups is 1. The molecule has 3 heterocycles. The van der Waals surface area contributed by atoms with Gasteiger partial charge in [-0.05, 0) is 43.5 Å². The number of anilines is 1. The van der Waals surface area contributed by atoms with E-state index in [1.807, 2.05) is 30.0 Å². The molecule has 0 aliphatic carbocycles. The monoisotopic (exact) mass is 380 g/mol. The number of nitrogens with one attached hydrogen (secondary N) is 1. The van der Waals surface area contributed by atoms with Crippen LogP contribution >= 0.6 is 0 Å². The number of amides is 2. The van der Waals surface area contributed by atoms with E-state index in [2.05, 4.69) is 15.3 Å². The molecule has 0 unspecified atom stereocenters. The van der Waals surface area contributed by atoms with Gasteiger partial charge in [0.15, 0.2) is 0 Å². The van der Waals surface area contributed by atoms with Crippen LogP contribution in [0.2, 0.25) is 0 Å². The Morgan fingerprint density at radius 2 is 1.96 bits per heavy atom. The van der Waals surface area contributed by atoms with Crippen LogP contribution in [0.25, 0.3) is 11.0 Å². The topological polar surface area (TPSA) is 85.1 Å². The predicted octanol–water partition coefficient (Wildman–Crippen LogP) is 2.39. The minimum atomic E-state index is -0.123. The molecule has 4 rings (SSSR count). The number of likely N-dealkylation sites (tertiary alicyclic amines) is 1. The Morgan fingerprint density at radius 3 is 2.68 bits per heavy atom. The summed E-state index contributed by atoms with van der Waals surface area (Å²) in [5.74, 6) is 0.223. The standard InChI is InChI=1S/C20H24N6O2/c1-13-9-17-18(25(3)20(28)24(17)2)10-16(13)23-19(27)26-8-4-5-14(11-26)15-6-7-21-12-22-15/h6-7,9-10,12,14H,4-5,8,11H2,1-3H3,(H,23,27)/t14-/m1/s1. The van der Waals surface area contributed by atoms with Gasteiger partial charge in [-0.25, -0.2) is 19.6 Å². The van der Waals surface area contributed by atoms with E-state index in [-0.39, 0.29) is 17.6 Å². The van der Waals surface area contributed by atoms with E-state index in [9.17, 15) is 9.59 Å². The average Bonchev–Trinajstić information content (AvgIpc) is 2.93. The number of imidazole rings is 1. The van der Waals surface area contributed by atoms with Gasteiger partial charge in [-0.3, -0.25) is 9.13 Å². The van der Waals surface area contributed by atoms with Crippen molar-refractivity contribution in [3.8, 4) is 0 Å². The van der Waals surface area contributed by atoms with Gasteiger partial charge in [-0.15, -0.1) is 0 Å². The van der Waals surface area contributed by atoms with Crippen molar-refractivity contribution < 1.29 is 4.79 Å². The van der Waals surface area contributed by atoms with Crippen LogP contribution in [0.1, 0.15) is 30.0 Å². The summed E-state index contributed by atoms with van der Waals surface area (Å²) in [6.45, 7) is 3.29. The van der Waals surface area contributed by atoms with Crippen molar-refractivity contribution in [1.82, 2.24) is 24.0 Å². The first-order chi connectivity index (χ1) is 13.5. The van der Waals surface area contributed by atoms with Crippen molar-refractivity contribution in [2.45, 2.75) is 25.7 Å². The Kier molecular flexibility index (Phi) is 4.62.